The van der Waals surface area contributed by atoms with Crippen LogP contribution in [0.2, 0.25) is 0 Å². The molecule has 0 bridgehead atoms. The van der Waals surface area contributed by atoms with Gasteiger partial charge in [0.25, 0.3) is 11.8 Å². The number of carbonyl (C=O) groups excluding carboxylic acids is 2. The fourth-order valence-electron chi connectivity index (χ4n) is 2.20. The van der Waals surface area contributed by atoms with Gasteiger partial charge in [0.15, 0.2) is 0 Å². The van der Waals surface area contributed by atoms with Crippen molar-refractivity contribution < 1.29 is 19.1 Å². The Hall–Kier alpha value is -1.92. The second kappa shape index (κ2) is 7.19. The maximum atomic E-state index is 11.8. The zero-order valence-electron chi connectivity index (χ0n) is 12.3. The monoisotopic (exact) mass is 292 g/mol. The molecule has 2 rings (SSSR count). The van der Waals surface area contributed by atoms with Gasteiger partial charge in [-0.1, -0.05) is 13.0 Å². The average molecular weight is 292 g/mol. The molecule has 1 aliphatic heterocycles. The Morgan fingerprint density at radius 1 is 1.29 bits per heavy atom. The molecule has 1 N–H and O–H groups in total. The van der Waals surface area contributed by atoms with Gasteiger partial charge in [0.1, 0.15) is 19.0 Å². The standard InChI is InChI=1S/C15H20N2O4/c1-3-16-7-11-4-5-13(20-2)12(6-11)8-17-14(18)9-21-10-15(17)19/h4-6,16H,3,7-10H2,1-2H3. The van der Waals surface area contributed by atoms with Crippen LogP contribution in [-0.2, 0) is 27.4 Å². The van der Waals surface area contributed by atoms with Crippen LogP contribution in [0.15, 0.2) is 18.2 Å². The number of nitrogens with zero attached hydrogens (tertiary/aromatic N) is 1. The fraction of sp³-hybridized carbons (Fsp3) is 0.467. The molecule has 1 aromatic carbocycles. The van der Waals surface area contributed by atoms with Gasteiger partial charge in [-0.2, -0.15) is 0 Å². The number of carbonyl (C=O) groups is 2. The molecule has 0 aromatic heterocycles. The van der Waals surface area contributed by atoms with E-state index in [1.54, 1.807) is 7.11 Å². The van der Waals surface area contributed by atoms with E-state index < -0.39 is 0 Å². The number of hydrogen-bond acceptors (Lipinski definition) is 5. The summed E-state index contributed by atoms with van der Waals surface area (Å²) in [6.45, 7) is 3.76. The topological polar surface area (TPSA) is 67.9 Å². The Balaban J connectivity index is 2.19. The largest absolute Gasteiger partial charge is 0.496 e. The summed E-state index contributed by atoms with van der Waals surface area (Å²) in [4.78, 5) is 24.8. The molecule has 1 aliphatic rings. The minimum absolute atomic E-state index is 0.0505. The molecule has 0 aliphatic carbocycles. The van der Waals surface area contributed by atoms with E-state index in [1.165, 1.54) is 4.90 Å². The van der Waals surface area contributed by atoms with Crippen molar-refractivity contribution in [2.24, 2.45) is 0 Å². The summed E-state index contributed by atoms with van der Waals surface area (Å²) in [5.74, 6) is 0.0399. The van der Waals surface area contributed by atoms with E-state index in [1.807, 2.05) is 25.1 Å². The molecule has 0 atom stereocenters. The van der Waals surface area contributed by atoms with Gasteiger partial charge in [0, 0.05) is 12.1 Å². The van der Waals surface area contributed by atoms with E-state index in [-0.39, 0.29) is 31.6 Å². The molecule has 1 fully saturated rings. The van der Waals surface area contributed by atoms with Crippen molar-refractivity contribution in [3.8, 4) is 5.75 Å². The third-order valence-electron chi connectivity index (χ3n) is 3.31. The normalized spacial score (nSPS) is 15.4. The minimum atomic E-state index is -0.314. The molecule has 1 saturated heterocycles. The lowest BCUT2D eigenvalue weighted by Crippen LogP contribution is -2.45. The molecule has 6 heteroatoms. The van der Waals surface area contributed by atoms with E-state index in [4.69, 9.17) is 9.47 Å². The van der Waals surface area contributed by atoms with E-state index in [9.17, 15) is 9.59 Å². The lowest BCUT2D eigenvalue weighted by molar-refractivity contribution is -0.159. The van der Waals surface area contributed by atoms with E-state index in [2.05, 4.69) is 5.32 Å². The van der Waals surface area contributed by atoms with E-state index in [0.717, 1.165) is 24.2 Å². The van der Waals surface area contributed by atoms with Crippen LogP contribution in [0.5, 0.6) is 5.75 Å². The number of amides is 2. The van der Waals surface area contributed by atoms with Crippen LogP contribution < -0.4 is 10.1 Å². The Morgan fingerprint density at radius 3 is 2.62 bits per heavy atom. The number of methoxy groups -OCH3 is 1. The summed E-state index contributed by atoms with van der Waals surface area (Å²) >= 11 is 0. The van der Waals surface area contributed by atoms with Crippen LogP contribution in [0.4, 0.5) is 0 Å². The fourth-order valence-corrected chi connectivity index (χ4v) is 2.20. The zero-order chi connectivity index (χ0) is 15.2. The molecule has 0 unspecified atom stereocenters. The lowest BCUT2D eigenvalue weighted by Gasteiger charge is -2.25. The maximum absolute atomic E-state index is 11.8. The number of rotatable bonds is 6. The molecule has 114 valence electrons. The first-order chi connectivity index (χ1) is 10.2. The SMILES string of the molecule is CCNCc1ccc(OC)c(CN2C(=O)COCC2=O)c1. The smallest absolute Gasteiger partial charge is 0.255 e. The first-order valence-corrected chi connectivity index (χ1v) is 6.93. The number of imide groups is 1. The molecular weight excluding hydrogens is 272 g/mol. The molecule has 21 heavy (non-hydrogen) atoms. The van der Waals surface area contributed by atoms with Crippen LogP contribution >= 0.6 is 0 Å². The first-order valence-electron chi connectivity index (χ1n) is 6.93. The summed E-state index contributed by atoms with van der Waals surface area (Å²) < 4.78 is 10.2. The Bertz CT molecular complexity index is 514. The highest BCUT2D eigenvalue weighted by Gasteiger charge is 2.27. The Labute approximate surface area is 124 Å². The maximum Gasteiger partial charge on any atom is 0.255 e. The van der Waals surface area contributed by atoms with Crippen LogP contribution in [0, 0.1) is 0 Å². The molecule has 6 nitrogen and oxygen atoms in total. The van der Waals surface area contributed by atoms with Gasteiger partial charge in [0.2, 0.25) is 0 Å². The third-order valence-corrected chi connectivity index (χ3v) is 3.31. The number of nitrogens with one attached hydrogen (secondary N) is 1. The van der Waals surface area contributed by atoms with Gasteiger partial charge < -0.3 is 14.8 Å². The predicted molar refractivity (Wildman–Crippen MR) is 76.8 cm³/mol. The summed E-state index contributed by atoms with van der Waals surface area (Å²) in [6.07, 6.45) is 0. The van der Waals surface area contributed by atoms with Crippen molar-refractivity contribution in [1.29, 1.82) is 0 Å². The highest BCUT2D eigenvalue weighted by Crippen LogP contribution is 2.22. The summed E-state index contributed by atoms with van der Waals surface area (Å²) in [5.41, 5.74) is 1.90. The molecule has 0 saturated carbocycles. The summed E-state index contributed by atoms with van der Waals surface area (Å²) in [5, 5.41) is 3.24. The van der Waals surface area contributed by atoms with Crippen molar-refractivity contribution in [1.82, 2.24) is 10.2 Å². The first kappa shape index (κ1) is 15.5. The summed E-state index contributed by atoms with van der Waals surface area (Å²) in [6, 6.07) is 5.78. The predicted octanol–water partition coefficient (Wildman–Crippen LogP) is 0.690. The molecular formula is C15H20N2O4. The van der Waals surface area contributed by atoms with E-state index >= 15 is 0 Å². The molecule has 1 heterocycles. The second-order valence-corrected chi connectivity index (χ2v) is 4.79. The van der Waals surface area contributed by atoms with Crippen molar-refractivity contribution >= 4 is 11.8 Å². The minimum Gasteiger partial charge on any atom is -0.496 e. The number of hydrogen-bond donors (Lipinski definition) is 1. The Kier molecular flexibility index (Phi) is 5.30. The van der Waals surface area contributed by atoms with Crippen LogP contribution in [-0.4, -0.2) is 43.6 Å². The van der Waals surface area contributed by atoms with Crippen LogP contribution in [0.25, 0.3) is 0 Å². The van der Waals surface area contributed by atoms with Gasteiger partial charge in [-0.25, -0.2) is 0 Å². The highest BCUT2D eigenvalue weighted by atomic mass is 16.5. The van der Waals surface area contributed by atoms with Crippen molar-refractivity contribution in [3.05, 3.63) is 29.3 Å². The molecule has 0 radical (unpaired) electrons. The van der Waals surface area contributed by atoms with Gasteiger partial charge >= 0.3 is 0 Å². The summed E-state index contributed by atoms with van der Waals surface area (Å²) in [7, 11) is 1.58. The van der Waals surface area contributed by atoms with Gasteiger partial charge in [0.05, 0.1) is 13.7 Å². The molecule has 1 aromatic rings. The number of ether oxygens (including phenoxy) is 2. The second-order valence-electron chi connectivity index (χ2n) is 4.79. The van der Waals surface area contributed by atoms with Gasteiger partial charge in [-0.3, -0.25) is 14.5 Å². The zero-order valence-corrected chi connectivity index (χ0v) is 12.3. The number of morpholine rings is 1. The van der Waals surface area contributed by atoms with Crippen LogP contribution in [0.3, 0.4) is 0 Å². The van der Waals surface area contributed by atoms with Gasteiger partial charge in [-0.05, 0) is 24.2 Å². The molecule has 2 amide bonds. The van der Waals surface area contributed by atoms with Gasteiger partial charge in [-0.15, -0.1) is 0 Å². The third kappa shape index (κ3) is 3.80. The van der Waals surface area contributed by atoms with Crippen LogP contribution in [0.1, 0.15) is 18.1 Å². The quantitative estimate of drug-likeness (QED) is 0.781. The molecule has 0 spiro atoms. The van der Waals surface area contributed by atoms with Crippen molar-refractivity contribution in [2.45, 2.75) is 20.0 Å². The highest BCUT2D eigenvalue weighted by molar-refractivity contribution is 5.98. The Morgan fingerprint density at radius 2 is 2.00 bits per heavy atom. The van der Waals surface area contributed by atoms with Crippen molar-refractivity contribution in [2.75, 3.05) is 26.9 Å². The lowest BCUT2D eigenvalue weighted by atomic mass is 10.1. The van der Waals surface area contributed by atoms with E-state index in [0.29, 0.717) is 5.75 Å². The number of benzene rings is 1. The average Bonchev–Trinajstić information content (AvgIpc) is 2.49. The van der Waals surface area contributed by atoms with Crippen molar-refractivity contribution in [3.63, 3.8) is 0 Å².